The quantitative estimate of drug-likeness (QED) is 0.460. The minimum atomic E-state index is 0.918. The van der Waals surface area contributed by atoms with Gasteiger partial charge in [0.15, 0.2) is 0 Å². The van der Waals surface area contributed by atoms with Gasteiger partial charge < -0.3 is 5.32 Å². The van der Waals surface area contributed by atoms with Crippen LogP contribution in [0.15, 0.2) is 28.9 Å². The third kappa shape index (κ3) is 5.25. The van der Waals surface area contributed by atoms with Crippen LogP contribution in [0.1, 0.15) is 6.92 Å². The summed E-state index contributed by atoms with van der Waals surface area (Å²) in [6.45, 7) is 6.30. The molecule has 0 spiro atoms. The van der Waals surface area contributed by atoms with Crippen LogP contribution >= 0.6 is 0 Å². The number of hydrogen-bond donors (Lipinski definition) is 1. The van der Waals surface area contributed by atoms with Gasteiger partial charge in [0.05, 0.1) is 0 Å². The average Bonchev–Trinajstić information content (AvgIpc) is 1.89. The molecule has 0 aliphatic carbocycles. The molecule has 0 aliphatic rings. The third-order valence-corrected chi connectivity index (χ3v) is 1.03. The molecule has 0 rings (SSSR count). The number of allylic oxidation sites excluding steroid dienone is 2. The van der Waals surface area contributed by atoms with E-state index in [1.165, 1.54) is 5.57 Å². The van der Waals surface area contributed by atoms with Gasteiger partial charge in [-0.1, -0.05) is 11.6 Å². The Kier molecular flexibility index (Phi) is 5.68. The van der Waals surface area contributed by atoms with E-state index in [2.05, 4.69) is 24.0 Å². The molecule has 2 heteroatoms. The molecule has 56 valence electrons. The molecule has 0 amide bonds. The summed E-state index contributed by atoms with van der Waals surface area (Å²) in [5.74, 6) is 0. The summed E-state index contributed by atoms with van der Waals surface area (Å²) < 4.78 is 0. The fourth-order valence-corrected chi connectivity index (χ4v) is 0.606. The van der Waals surface area contributed by atoms with Crippen LogP contribution in [0.3, 0.4) is 0 Å². The van der Waals surface area contributed by atoms with E-state index >= 15 is 0 Å². The fraction of sp³-hybridized carbons (Fsp3) is 0.375. The molecular formula is C8H14N2. The van der Waals surface area contributed by atoms with Gasteiger partial charge in [-0.2, -0.15) is 0 Å². The van der Waals surface area contributed by atoms with Crippen molar-refractivity contribution < 1.29 is 0 Å². The predicted molar refractivity (Wildman–Crippen MR) is 46.4 cm³/mol. The van der Waals surface area contributed by atoms with Crippen LogP contribution in [0, 0.1) is 0 Å². The number of nitrogens with zero attached hydrogens (tertiary/aromatic N) is 1. The van der Waals surface area contributed by atoms with Gasteiger partial charge in [-0.3, -0.25) is 4.99 Å². The summed E-state index contributed by atoms with van der Waals surface area (Å²) in [6, 6.07) is 0. The Bertz CT molecular complexity index is 145. The summed E-state index contributed by atoms with van der Waals surface area (Å²) in [5.41, 5.74) is 1.28. The Labute approximate surface area is 62.4 Å². The summed E-state index contributed by atoms with van der Waals surface area (Å²) in [5, 5.41) is 3.05. The van der Waals surface area contributed by atoms with Crippen molar-refractivity contribution in [2.75, 3.05) is 13.6 Å². The Hall–Kier alpha value is -0.890. The largest absolute Gasteiger partial charge is 0.316 e. The van der Waals surface area contributed by atoms with Crippen molar-refractivity contribution >= 4 is 6.72 Å². The number of rotatable bonds is 4. The van der Waals surface area contributed by atoms with E-state index in [1.54, 1.807) is 6.20 Å². The predicted octanol–water partition coefficient (Wildman–Crippen LogP) is 1.37. The topological polar surface area (TPSA) is 24.4 Å². The van der Waals surface area contributed by atoms with Gasteiger partial charge in [-0.25, -0.2) is 0 Å². The molecule has 0 aromatic carbocycles. The molecule has 0 heterocycles. The monoisotopic (exact) mass is 138 g/mol. The van der Waals surface area contributed by atoms with Gasteiger partial charge in [0.25, 0.3) is 0 Å². The molecule has 10 heavy (non-hydrogen) atoms. The maximum Gasteiger partial charge on any atom is 0.0260 e. The van der Waals surface area contributed by atoms with Crippen molar-refractivity contribution in [3.05, 3.63) is 23.9 Å². The van der Waals surface area contributed by atoms with Gasteiger partial charge in [-0.05, 0) is 26.8 Å². The molecule has 0 atom stereocenters. The maximum absolute atomic E-state index is 3.57. The number of likely N-dealkylation sites (N-methyl/N-ethyl adjacent to an activating group) is 1. The summed E-state index contributed by atoms with van der Waals surface area (Å²) in [7, 11) is 1.92. The molecule has 0 saturated heterocycles. The Morgan fingerprint density at radius 3 is 2.90 bits per heavy atom. The number of hydrogen-bond acceptors (Lipinski definition) is 2. The molecule has 0 fully saturated rings. The van der Waals surface area contributed by atoms with Crippen LogP contribution in [0.4, 0.5) is 0 Å². The summed E-state index contributed by atoms with van der Waals surface area (Å²) in [4.78, 5) is 3.57. The van der Waals surface area contributed by atoms with Crippen LogP contribution in [-0.4, -0.2) is 20.3 Å². The third-order valence-electron chi connectivity index (χ3n) is 1.03. The highest BCUT2D eigenvalue weighted by atomic mass is 14.8. The second-order valence-electron chi connectivity index (χ2n) is 2.07. The highest BCUT2D eigenvalue weighted by Gasteiger charge is 1.80. The van der Waals surface area contributed by atoms with Crippen LogP contribution in [0.5, 0.6) is 0 Å². The van der Waals surface area contributed by atoms with Crippen LogP contribution in [0.25, 0.3) is 0 Å². The average molecular weight is 138 g/mol. The van der Waals surface area contributed by atoms with Gasteiger partial charge in [0.1, 0.15) is 0 Å². The summed E-state index contributed by atoms with van der Waals surface area (Å²) in [6.07, 6.45) is 5.55. The molecule has 0 bridgehead atoms. The molecule has 0 aromatic rings. The minimum Gasteiger partial charge on any atom is -0.316 e. The second-order valence-corrected chi connectivity index (χ2v) is 2.07. The lowest BCUT2D eigenvalue weighted by molar-refractivity contribution is 0.880. The van der Waals surface area contributed by atoms with Crippen molar-refractivity contribution in [3.63, 3.8) is 0 Å². The molecular weight excluding hydrogens is 124 g/mol. The van der Waals surface area contributed by atoms with E-state index in [-0.39, 0.29) is 0 Å². The standard InChI is InChI=1S/C8H14N2/c1-8(7-10-3)5-4-6-9-2/h4-6,10H,2,7H2,1,3H3. The number of aliphatic imine (C=N–C) groups is 1. The van der Waals surface area contributed by atoms with Crippen molar-refractivity contribution in [2.45, 2.75) is 6.92 Å². The first-order valence-electron chi connectivity index (χ1n) is 3.24. The fourth-order valence-electron chi connectivity index (χ4n) is 0.606. The van der Waals surface area contributed by atoms with E-state index < -0.39 is 0 Å². The lowest BCUT2D eigenvalue weighted by Crippen LogP contribution is -2.08. The molecule has 1 N–H and O–H groups in total. The molecule has 0 saturated carbocycles. The van der Waals surface area contributed by atoms with Crippen molar-refractivity contribution in [3.8, 4) is 0 Å². The smallest absolute Gasteiger partial charge is 0.0260 e. The van der Waals surface area contributed by atoms with E-state index in [1.807, 2.05) is 19.2 Å². The van der Waals surface area contributed by atoms with Crippen LogP contribution in [0.2, 0.25) is 0 Å². The second kappa shape index (κ2) is 6.23. The van der Waals surface area contributed by atoms with Gasteiger partial charge in [0.2, 0.25) is 0 Å². The van der Waals surface area contributed by atoms with Gasteiger partial charge in [-0.15, -0.1) is 0 Å². The first-order valence-corrected chi connectivity index (χ1v) is 3.24. The van der Waals surface area contributed by atoms with Crippen LogP contribution in [-0.2, 0) is 0 Å². The SMILES string of the molecule is C=NC=CC=C(C)CNC. The Morgan fingerprint density at radius 1 is 1.70 bits per heavy atom. The first-order chi connectivity index (χ1) is 4.81. The van der Waals surface area contributed by atoms with E-state index in [9.17, 15) is 0 Å². The zero-order valence-electron chi connectivity index (χ0n) is 6.59. The van der Waals surface area contributed by atoms with Crippen LogP contribution < -0.4 is 5.32 Å². The Morgan fingerprint density at radius 2 is 2.40 bits per heavy atom. The van der Waals surface area contributed by atoms with E-state index in [0.717, 1.165) is 6.54 Å². The van der Waals surface area contributed by atoms with Crippen molar-refractivity contribution in [1.29, 1.82) is 0 Å². The highest BCUT2D eigenvalue weighted by Crippen LogP contribution is 1.89. The zero-order chi connectivity index (χ0) is 7.82. The highest BCUT2D eigenvalue weighted by molar-refractivity contribution is 5.26. The van der Waals surface area contributed by atoms with Gasteiger partial charge >= 0.3 is 0 Å². The van der Waals surface area contributed by atoms with E-state index in [0.29, 0.717) is 0 Å². The van der Waals surface area contributed by atoms with Gasteiger partial charge in [0, 0.05) is 12.7 Å². The normalized spacial score (nSPS) is 12.4. The molecule has 0 unspecified atom stereocenters. The number of nitrogens with one attached hydrogen (secondary N) is 1. The minimum absolute atomic E-state index is 0.918. The molecule has 0 radical (unpaired) electrons. The lowest BCUT2D eigenvalue weighted by atomic mass is 10.3. The molecule has 0 aliphatic heterocycles. The van der Waals surface area contributed by atoms with Crippen molar-refractivity contribution in [2.24, 2.45) is 4.99 Å². The lowest BCUT2D eigenvalue weighted by Gasteiger charge is -1.94. The first kappa shape index (κ1) is 9.11. The zero-order valence-corrected chi connectivity index (χ0v) is 6.59. The Balaban J connectivity index is 3.67. The van der Waals surface area contributed by atoms with Crippen molar-refractivity contribution in [1.82, 2.24) is 5.32 Å². The van der Waals surface area contributed by atoms with E-state index in [4.69, 9.17) is 0 Å². The maximum atomic E-state index is 3.57. The molecule has 0 aromatic heterocycles. The summed E-state index contributed by atoms with van der Waals surface area (Å²) >= 11 is 0. The molecule has 2 nitrogen and oxygen atoms in total.